The summed E-state index contributed by atoms with van der Waals surface area (Å²) < 4.78 is 0. The molecule has 1 aliphatic carbocycles. The van der Waals surface area contributed by atoms with Gasteiger partial charge in [-0.15, -0.1) is 0 Å². The van der Waals surface area contributed by atoms with Gasteiger partial charge in [-0.1, -0.05) is 42.0 Å². The summed E-state index contributed by atoms with van der Waals surface area (Å²) in [6.07, 6.45) is 10.00. The van der Waals surface area contributed by atoms with E-state index < -0.39 is 11.9 Å². The van der Waals surface area contributed by atoms with Crippen LogP contribution < -0.4 is 15.1 Å². The summed E-state index contributed by atoms with van der Waals surface area (Å²) in [6, 6.07) is 8.97. The van der Waals surface area contributed by atoms with Crippen LogP contribution in [0.1, 0.15) is 25.3 Å². The zero-order valence-corrected chi connectivity index (χ0v) is 17.3. The van der Waals surface area contributed by atoms with E-state index in [2.05, 4.69) is 73.3 Å². The first kappa shape index (κ1) is 22.4. The number of hydrogen-bond donors (Lipinski definition) is 0. The Morgan fingerprint density at radius 1 is 1.17 bits per heavy atom. The summed E-state index contributed by atoms with van der Waals surface area (Å²) in [7, 11) is 4.30. The first-order chi connectivity index (χ1) is 13.7. The van der Waals surface area contributed by atoms with E-state index in [1.807, 2.05) is 0 Å². The molecule has 0 saturated heterocycles. The van der Waals surface area contributed by atoms with Crippen LogP contribution in [0.2, 0.25) is 0 Å². The third kappa shape index (κ3) is 6.06. The number of fused-ring (bicyclic) bond motifs is 1. The van der Waals surface area contributed by atoms with E-state index in [1.54, 1.807) is 5.57 Å². The zero-order valence-electron chi connectivity index (χ0n) is 17.3. The second-order valence-electron chi connectivity index (χ2n) is 7.70. The summed E-state index contributed by atoms with van der Waals surface area (Å²) in [5, 5.41) is 18.8. The van der Waals surface area contributed by atoms with E-state index in [9.17, 15) is 19.8 Å². The molecule has 1 unspecified atom stereocenters. The predicted molar refractivity (Wildman–Crippen MR) is 110 cm³/mol. The fourth-order valence-corrected chi connectivity index (χ4v) is 3.76. The monoisotopic (exact) mass is 396 g/mol. The van der Waals surface area contributed by atoms with Gasteiger partial charge in [0.2, 0.25) is 0 Å². The van der Waals surface area contributed by atoms with E-state index in [-0.39, 0.29) is 5.41 Å². The standard InChI is InChI=1S/C19H26N2.C4H4O4/c1-19(16-9-5-4-6-10-16)15-21(14-13-20(2)3)18-12-8-7-11-17(18)19;5-3(6)1-2-4(7)8/h4-5,7-9,11-12H,6,10,13-15H2,1-3H3;1-2H,(H,5,6)(H,7,8)/p-2/b;2-1-. The average molecular weight is 396 g/mol. The predicted octanol–water partition coefficient (Wildman–Crippen LogP) is 0.645. The number of carbonyl (C=O) groups is 2. The van der Waals surface area contributed by atoms with Crippen LogP contribution in [0.15, 0.2) is 60.2 Å². The van der Waals surface area contributed by atoms with Gasteiger partial charge in [-0.25, -0.2) is 0 Å². The van der Waals surface area contributed by atoms with Gasteiger partial charge in [-0.2, -0.15) is 0 Å². The first-order valence-corrected chi connectivity index (χ1v) is 9.69. The number of allylic oxidation sites excluding steroid dienone is 3. The molecule has 0 amide bonds. The molecule has 1 aromatic rings. The Hall–Kier alpha value is -2.86. The number of carboxylic acid groups (broad SMARTS) is 2. The van der Waals surface area contributed by atoms with E-state index in [0.29, 0.717) is 12.2 Å². The highest BCUT2D eigenvalue weighted by Gasteiger charge is 2.40. The number of carbonyl (C=O) groups excluding carboxylic acids is 2. The van der Waals surface area contributed by atoms with Crippen molar-refractivity contribution in [3.05, 3.63) is 65.8 Å². The normalized spacial score (nSPS) is 20.3. The molecule has 1 atom stereocenters. The summed E-state index contributed by atoms with van der Waals surface area (Å²) in [5.74, 6) is -3.09. The van der Waals surface area contributed by atoms with Crippen LogP contribution in [0, 0.1) is 0 Å². The third-order valence-electron chi connectivity index (χ3n) is 5.24. The lowest BCUT2D eigenvalue weighted by Crippen LogP contribution is -2.36. The molecule has 1 heterocycles. The van der Waals surface area contributed by atoms with Gasteiger partial charge >= 0.3 is 0 Å². The van der Waals surface area contributed by atoms with Crippen molar-refractivity contribution in [1.82, 2.24) is 4.90 Å². The Kier molecular flexibility index (Phi) is 7.79. The van der Waals surface area contributed by atoms with Crippen molar-refractivity contribution in [2.45, 2.75) is 25.2 Å². The minimum atomic E-state index is -1.55. The molecule has 1 aromatic carbocycles. The van der Waals surface area contributed by atoms with Crippen molar-refractivity contribution in [3.8, 4) is 0 Å². The largest absolute Gasteiger partial charge is 0.545 e. The Morgan fingerprint density at radius 3 is 2.38 bits per heavy atom. The van der Waals surface area contributed by atoms with Crippen LogP contribution >= 0.6 is 0 Å². The van der Waals surface area contributed by atoms with Gasteiger partial charge < -0.3 is 29.6 Å². The second kappa shape index (κ2) is 10.1. The van der Waals surface area contributed by atoms with Crippen LogP contribution in [-0.4, -0.2) is 50.6 Å². The molecule has 0 N–H and O–H groups in total. The Bertz CT molecular complexity index is 810. The number of aliphatic carboxylic acids is 2. The van der Waals surface area contributed by atoms with Crippen molar-refractivity contribution in [3.63, 3.8) is 0 Å². The lowest BCUT2D eigenvalue weighted by atomic mass is 9.74. The fraction of sp³-hybridized carbons (Fsp3) is 0.391. The lowest BCUT2D eigenvalue weighted by molar-refractivity contribution is -0.301. The van der Waals surface area contributed by atoms with Crippen molar-refractivity contribution in [1.29, 1.82) is 0 Å². The van der Waals surface area contributed by atoms with Gasteiger partial charge in [0.05, 0.1) is 11.9 Å². The number of anilines is 1. The highest BCUT2D eigenvalue weighted by molar-refractivity contribution is 5.87. The van der Waals surface area contributed by atoms with Gasteiger partial charge in [-0.3, -0.25) is 0 Å². The maximum Gasteiger partial charge on any atom is 0.0643 e. The van der Waals surface area contributed by atoms with Gasteiger partial charge in [0.1, 0.15) is 0 Å². The number of hydrogen-bond acceptors (Lipinski definition) is 6. The number of benzene rings is 1. The SMILES string of the molecule is CN(C)CCN1CC(C)(C2=CC=CCC2)c2ccccc21.O=C([O-])/C=C\C(=O)[O-]. The van der Waals surface area contributed by atoms with Crippen molar-refractivity contribution < 1.29 is 19.8 Å². The molecule has 6 heteroatoms. The molecule has 1 aliphatic heterocycles. The Labute approximate surface area is 172 Å². The molecule has 0 radical (unpaired) electrons. The fourth-order valence-electron chi connectivity index (χ4n) is 3.76. The van der Waals surface area contributed by atoms with Gasteiger partial charge in [0.25, 0.3) is 0 Å². The van der Waals surface area contributed by atoms with Crippen LogP contribution in [0.3, 0.4) is 0 Å². The maximum atomic E-state index is 9.41. The Balaban J connectivity index is 0.000000321. The minimum Gasteiger partial charge on any atom is -0.545 e. The molecule has 156 valence electrons. The summed E-state index contributed by atoms with van der Waals surface area (Å²) in [4.78, 5) is 23.7. The molecule has 0 saturated carbocycles. The molecule has 2 aliphatic rings. The lowest BCUT2D eigenvalue weighted by Gasteiger charge is -2.31. The van der Waals surface area contributed by atoms with E-state index >= 15 is 0 Å². The van der Waals surface area contributed by atoms with Gasteiger partial charge in [0.15, 0.2) is 0 Å². The number of rotatable bonds is 6. The first-order valence-electron chi connectivity index (χ1n) is 9.69. The van der Waals surface area contributed by atoms with Crippen molar-refractivity contribution in [2.75, 3.05) is 38.6 Å². The molecular formula is C23H28N2O4-2. The quantitative estimate of drug-likeness (QED) is 0.656. The maximum absolute atomic E-state index is 9.41. The highest BCUT2D eigenvalue weighted by atomic mass is 16.4. The number of nitrogens with zero attached hydrogens (tertiary/aromatic N) is 2. The topological polar surface area (TPSA) is 86.7 Å². The van der Waals surface area contributed by atoms with Gasteiger partial charge in [0, 0.05) is 30.7 Å². The molecule has 0 fully saturated rings. The molecular weight excluding hydrogens is 368 g/mol. The smallest absolute Gasteiger partial charge is 0.0643 e. The molecule has 0 aromatic heterocycles. The second-order valence-corrected chi connectivity index (χ2v) is 7.70. The number of para-hydroxylation sites is 1. The molecule has 0 bridgehead atoms. The van der Waals surface area contributed by atoms with E-state index in [1.165, 1.54) is 24.1 Å². The molecule has 6 nitrogen and oxygen atoms in total. The number of likely N-dealkylation sites (N-methyl/N-ethyl adjacent to an activating group) is 1. The van der Waals surface area contributed by atoms with Crippen LogP contribution in [-0.2, 0) is 15.0 Å². The third-order valence-corrected chi connectivity index (χ3v) is 5.24. The highest BCUT2D eigenvalue weighted by Crippen LogP contribution is 2.46. The molecule has 3 rings (SSSR count). The summed E-state index contributed by atoms with van der Waals surface area (Å²) in [5.41, 5.74) is 4.70. The summed E-state index contributed by atoms with van der Waals surface area (Å²) >= 11 is 0. The average Bonchev–Trinajstić information content (AvgIpc) is 3.00. The Morgan fingerprint density at radius 2 is 1.83 bits per heavy atom. The van der Waals surface area contributed by atoms with E-state index in [4.69, 9.17) is 0 Å². The molecule has 29 heavy (non-hydrogen) atoms. The summed E-state index contributed by atoms with van der Waals surface area (Å²) in [6.45, 7) is 5.73. The van der Waals surface area contributed by atoms with Crippen molar-refractivity contribution >= 4 is 17.6 Å². The van der Waals surface area contributed by atoms with Crippen LogP contribution in [0.4, 0.5) is 5.69 Å². The van der Waals surface area contributed by atoms with Gasteiger partial charge in [-0.05, 0) is 57.6 Å². The zero-order chi connectivity index (χ0) is 21.4. The van der Waals surface area contributed by atoms with E-state index in [0.717, 1.165) is 19.6 Å². The van der Waals surface area contributed by atoms with Crippen molar-refractivity contribution in [2.24, 2.45) is 0 Å². The molecule has 0 spiro atoms. The minimum absolute atomic E-state index is 0.174. The number of carboxylic acids is 2. The van der Waals surface area contributed by atoms with Crippen LogP contribution in [0.25, 0.3) is 0 Å². The van der Waals surface area contributed by atoms with Crippen LogP contribution in [0.5, 0.6) is 0 Å².